The molecule has 0 aromatic rings. The standard InChI is InChI=1S/C17H28N2O3/c1-11-6-7-15(18-21)17(5,19-22-12(2)20)9-8-14-13(11)10-16(14,3)4/h13-14,19,21H,1,6-10H2,2-5H3/b18-15+/t13-,14-,17-/m0/s1. The molecule has 2 saturated carbocycles. The molecule has 0 aliphatic heterocycles. The zero-order valence-electron chi connectivity index (χ0n) is 14.1. The minimum atomic E-state index is -0.638. The lowest BCUT2D eigenvalue weighted by atomic mass is 9.52. The van der Waals surface area contributed by atoms with Crippen LogP contribution in [0, 0.1) is 17.3 Å². The highest BCUT2D eigenvalue weighted by Gasteiger charge is 2.49. The van der Waals surface area contributed by atoms with Crippen molar-refractivity contribution in [3.63, 3.8) is 0 Å². The molecule has 0 aromatic heterocycles. The minimum absolute atomic E-state index is 0.316. The normalized spacial score (nSPS) is 36.5. The molecule has 0 unspecified atom stereocenters. The summed E-state index contributed by atoms with van der Waals surface area (Å²) in [5, 5.41) is 12.9. The molecule has 0 radical (unpaired) electrons. The number of hydrogen-bond acceptors (Lipinski definition) is 5. The molecule has 2 aliphatic carbocycles. The molecule has 124 valence electrons. The second-order valence-electron chi connectivity index (χ2n) is 7.68. The molecule has 2 rings (SSSR count). The maximum absolute atomic E-state index is 11.1. The number of carbonyl (C=O) groups is 1. The number of oxime groups is 1. The summed E-state index contributed by atoms with van der Waals surface area (Å²) < 4.78 is 0. The van der Waals surface area contributed by atoms with Gasteiger partial charge >= 0.3 is 5.97 Å². The van der Waals surface area contributed by atoms with E-state index < -0.39 is 11.5 Å². The Morgan fingerprint density at radius 1 is 1.41 bits per heavy atom. The van der Waals surface area contributed by atoms with Crippen LogP contribution >= 0.6 is 0 Å². The molecular weight excluding hydrogens is 280 g/mol. The average Bonchev–Trinajstić information content (AvgIpc) is 2.46. The predicted molar refractivity (Wildman–Crippen MR) is 85.5 cm³/mol. The molecule has 2 N–H and O–H groups in total. The molecule has 0 bridgehead atoms. The molecule has 0 aromatic carbocycles. The first kappa shape index (κ1) is 17.0. The lowest BCUT2D eigenvalue weighted by Crippen LogP contribution is -2.51. The topological polar surface area (TPSA) is 70.9 Å². The average molecular weight is 308 g/mol. The van der Waals surface area contributed by atoms with Crippen LogP contribution in [0.5, 0.6) is 0 Å². The van der Waals surface area contributed by atoms with Crippen molar-refractivity contribution in [3.8, 4) is 0 Å². The van der Waals surface area contributed by atoms with Crippen molar-refractivity contribution in [2.45, 2.75) is 65.3 Å². The predicted octanol–water partition coefficient (Wildman–Crippen LogP) is 3.44. The Kier molecular flexibility index (Phi) is 4.66. The Bertz CT molecular complexity index is 498. The third-order valence-electron chi connectivity index (χ3n) is 5.58. The van der Waals surface area contributed by atoms with Crippen LogP contribution < -0.4 is 5.48 Å². The van der Waals surface area contributed by atoms with E-state index in [1.54, 1.807) is 0 Å². The van der Waals surface area contributed by atoms with Crippen molar-refractivity contribution in [2.75, 3.05) is 0 Å². The van der Waals surface area contributed by atoms with Gasteiger partial charge < -0.3 is 10.0 Å². The molecule has 5 heteroatoms. The summed E-state index contributed by atoms with van der Waals surface area (Å²) in [4.78, 5) is 16.1. The van der Waals surface area contributed by atoms with E-state index in [0.29, 0.717) is 29.4 Å². The van der Waals surface area contributed by atoms with Crippen molar-refractivity contribution in [2.24, 2.45) is 22.4 Å². The van der Waals surface area contributed by atoms with Crippen molar-refractivity contribution in [3.05, 3.63) is 12.2 Å². The lowest BCUT2D eigenvalue weighted by molar-refractivity contribution is -0.151. The Labute approximate surface area is 132 Å². The highest BCUT2D eigenvalue weighted by atomic mass is 16.7. The van der Waals surface area contributed by atoms with Gasteiger partial charge in [0.15, 0.2) is 0 Å². The first-order valence-corrected chi connectivity index (χ1v) is 8.03. The van der Waals surface area contributed by atoms with E-state index in [-0.39, 0.29) is 0 Å². The zero-order valence-corrected chi connectivity index (χ0v) is 14.1. The van der Waals surface area contributed by atoms with E-state index in [2.05, 4.69) is 31.1 Å². The lowest BCUT2D eigenvalue weighted by Gasteiger charge is -2.53. The summed E-state index contributed by atoms with van der Waals surface area (Å²) >= 11 is 0. The van der Waals surface area contributed by atoms with Crippen molar-refractivity contribution >= 4 is 11.7 Å². The molecule has 0 amide bonds. The number of carbonyl (C=O) groups excluding carboxylic acids is 1. The molecule has 0 saturated heterocycles. The van der Waals surface area contributed by atoms with Crippen LogP contribution in [-0.4, -0.2) is 22.4 Å². The third kappa shape index (κ3) is 3.19. The van der Waals surface area contributed by atoms with Crippen LogP contribution in [0.1, 0.15) is 59.8 Å². The van der Waals surface area contributed by atoms with Gasteiger partial charge in [-0.25, -0.2) is 0 Å². The Balaban J connectivity index is 2.22. The monoisotopic (exact) mass is 308 g/mol. The van der Waals surface area contributed by atoms with Gasteiger partial charge in [-0.05, 0) is 56.3 Å². The number of hydrogen-bond donors (Lipinski definition) is 2. The number of allylic oxidation sites excluding steroid dienone is 1. The van der Waals surface area contributed by atoms with Gasteiger partial charge in [-0.2, -0.15) is 0 Å². The van der Waals surface area contributed by atoms with Crippen molar-refractivity contribution in [1.82, 2.24) is 5.48 Å². The van der Waals surface area contributed by atoms with Gasteiger partial charge in [0.25, 0.3) is 0 Å². The summed E-state index contributed by atoms with van der Waals surface area (Å²) in [6, 6.07) is 0. The van der Waals surface area contributed by atoms with E-state index in [9.17, 15) is 10.0 Å². The fourth-order valence-electron chi connectivity index (χ4n) is 4.05. The summed E-state index contributed by atoms with van der Waals surface area (Å²) in [7, 11) is 0. The van der Waals surface area contributed by atoms with E-state index in [1.165, 1.54) is 18.9 Å². The molecule has 2 aliphatic rings. The molecule has 5 nitrogen and oxygen atoms in total. The molecule has 3 atom stereocenters. The van der Waals surface area contributed by atoms with Crippen LogP contribution in [-0.2, 0) is 9.63 Å². The summed E-state index contributed by atoms with van der Waals surface area (Å²) in [5.74, 6) is 0.743. The van der Waals surface area contributed by atoms with Crippen LogP contribution in [0.15, 0.2) is 17.3 Å². The highest BCUT2D eigenvalue weighted by Crippen LogP contribution is 2.56. The van der Waals surface area contributed by atoms with Crippen LogP contribution in [0.25, 0.3) is 0 Å². The highest BCUT2D eigenvalue weighted by molar-refractivity contribution is 5.93. The van der Waals surface area contributed by atoms with E-state index in [4.69, 9.17) is 4.84 Å². The molecule has 0 heterocycles. The SMILES string of the molecule is C=C1CC/C(=N\O)[C@@](C)(NOC(C)=O)CC[C@H]2[C@H]1CC2(C)C. The smallest absolute Gasteiger partial charge is 0.321 e. The van der Waals surface area contributed by atoms with Gasteiger partial charge in [-0.1, -0.05) is 31.2 Å². The fraction of sp³-hybridized carbons (Fsp3) is 0.765. The van der Waals surface area contributed by atoms with E-state index in [1.807, 2.05) is 6.92 Å². The number of hydroxylamine groups is 1. The summed E-state index contributed by atoms with van der Waals surface area (Å²) in [5.41, 5.74) is 4.38. The van der Waals surface area contributed by atoms with Crippen molar-refractivity contribution < 1.29 is 14.8 Å². The van der Waals surface area contributed by atoms with Gasteiger partial charge in [0.2, 0.25) is 0 Å². The van der Waals surface area contributed by atoms with Crippen LogP contribution in [0.3, 0.4) is 0 Å². The van der Waals surface area contributed by atoms with E-state index in [0.717, 1.165) is 19.3 Å². The number of rotatable bonds is 2. The molecule has 22 heavy (non-hydrogen) atoms. The molecular formula is C17H28N2O3. The largest absolute Gasteiger partial charge is 0.411 e. The van der Waals surface area contributed by atoms with Gasteiger partial charge in [0, 0.05) is 6.92 Å². The number of fused-ring (bicyclic) bond motifs is 1. The Morgan fingerprint density at radius 3 is 2.64 bits per heavy atom. The van der Waals surface area contributed by atoms with Crippen LogP contribution in [0.2, 0.25) is 0 Å². The van der Waals surface area contributed by atoms with Gasteiger partial charge in [0.1, 0.15) is 0 Å². The Hall–Kier alpha value is -1.36. The van der Waals surface area contributed by atoms with Gasteiger partial charge in [-0.15, -0.1) is 5.48 Å². The van der Waals surface area contributed by atoms with Crippen molar-refractivity contribution in [1.29, 1.82) is 0 Å². The zero-order chi connectivity index (χ0) is 16.5. The number of nitrogens with zero attached hydrogens (tertiary/aromatic N) is 1. The fourth-order valence-corrected chi connectivity index (χ4v) is 4.05. The maximum atomic E-state index is 11.1. The van der Waals surface area contributed by atoms with Gasteiger partial charge in [-0.3, -0.25) is 4.79 Å². The minimum Gasteiger partial charge on any atom is -0.411 e. The van der Waals surface area contributed by atoms with E-state index >= 15 is 0 Å². The van der Waals surface area contributed by atoms with Crippen LogP contribution in [0.4, 0.5) is 0 Å². The second-order valence-corrected chi connectivity index (χ2v) is 7.68. The maximum Gasteiger partial charge on any atom is 0.321 e. The third-order valence-corrected chi connectivity index (χ3v) is 5.58. The molecule has 0 spiro atoms. The van der Waals surface area contributed by atoms with Gasteiger partial charge in [0.05, 0.1) is 11.3 Å². The Morgan fingerprint density at radius 2 is 2.09 bits per heavy atom. The first-order valence-electron chi connectivity index (χ1n) is 8.03. The summed E-state index contributed by atoms with van der Waals surface area (Å²) in [6.07, 6.45) is 4.37. The quantitative estimate of drug-likeness (QED) is 0.466. The second kappa shape index (κ2) is 6.03. The summed E-state index contributed by atoms with van der Waals surface area (Å²) in [6.45, 7) is 12.1. The number of nitrogens with one attached hydrogen (secondary N) is 1. The molecule has 2 fully saturated rings. The first-order chi connectivity index (χ1) is 10.2.